The zero-order valence-corrected chi connectivity index (χ0v) is 30.3. The van der Waals surface area contributed by atoms with Crippen LogP contribution in [-0.4, -0.2) is 52.0 Å². The van der Waals surface area contributed by atoms with Crippen LogP contribution in [-0.2, 0) is 31.0 Å². The van der Waals surface area contributed by atoms with Crippen molar-refractivity contribution in [2.24, 2.45) is 0 Å². The molecule has 0 radical (unpaired) electrons. The molecule has 1 aromatic carbocycles. The van der Waals surface area contributed by atoms with Gasteiger partial charge in [0.25, 0.3) is 0 Å². The van der Waals surface area contributed by atoms with Gasteiger partial charge in [-0.25, -0.2) is 4.79 Å². The molecule has 7 nitrogen and oxygen atoms in total. The van der Waals surface area contributed by atoms with Gasteiger partial charge in [-0.1, -0.05) is 56.7 Å². The zero-order valence-electron chi connectivity index (χ0n) is 29.5. The van der Waals surface area contributed by atoms with E-state index in [1.807, 2.05) is 46.8 Å². The first-order valence-corrected chi connectivity index (χ1v) is 16.6. The van der Waals surface area contributed by atoms with Crippen LogP contribution in [0.3, 0.4) is 0 Å². The number of alkyl carbamates (subject to hydrolysis) is 1. The third kappa shape index (κ3) is 9.31. The number of amides is 1. The van der Waals surface area contributed by atoms with Gasteiger partial charge in [-0.05, 0) is 96.9 Å². The molecule has 2 saturated heterocycles. The molecule has 46 heavy (non-hydrogen) atoms. The van der Waals surface area contributed by atoms with E-state index < -0.39 is 39.4 Å². The number of nitrogens with one attached hydrogen (secondary N) is 1. The van der Waals surface area contributed by atoms with Gasteiger partial charge in [-0.3, -0.25) is 4.79 Å². The SMILES string of the molecule is CC.CC/C=C(\C=C(C)C)C1(C(F)(F)F)CC2(c3ccc4c(c3)CCC4NC(=O)OC(C)(C)C)OC(=O)C2S1.COC(C)(C)C.O. The number of rotatable bonds is 5. The van der Waals surface area contributed by atoms with Gasteiger partial charge >= 0.3 is 18.2 Å². The Balaban J connectivity index is 0.00000106. The molecule has 4 unspecified atom stereocenters. The fourth-order valence-electron chi connectivity index (χ4n) is 5.47. The van der Waals surface area contributed by atoms with Crippen molar-refractivity contribution in [2.45, 2.75) is 141 Å². The van der Waals surface area contributed by atoms with Crippen LogP contribution in [0.1, 0.15) is 118 Å². The number of methoxy groups -OCH3 is 1. The van der Waals surface area contributed by atoms with Gasteiger partial charge in [0.15, 0.2) is 5.60 Å². The predicted octanol–water partition coefficient (Wildman–Crippen LogP) is 8.69. The van der Waals surface area contributed by atoms with Crippen molar-refractivity contribution in [3.8, 4) is 0 Å². The first-order chi connectivity index (χ1) is 20.7. The number of fused-ring (bicyclic) bond motifs is 2. The lowest BCUT2D eigenvalue weighted by Gasteiger charge is -2.43. The summed E-state index contributed by atoms with van der Waals surface area (Å²) in [5.41, 5.74) is 1.38. The third-order valence-corrected chi connectivity index (χ3v) is 9.38. The van der Waals surface area contributed by atoms with Gasteiger partial charge in [0.05, 0.1) is 11.6 Å². The van der Waals surface area contributed by atoms with Crippen molar-refractivity contribution >= 4 is 23.8 Å². The van der Waals surface area contributed by atoms with Gasteiger partial charge < -0.3 is 25.0 Å². The van der Waals surface area contributed by atoms with E-state index in [0.29, 0.717) is 36.6 Å². The Hall–Kier alpha value is -2.50. The predicted molar refractivity (Wildman–Crippen MR) is 179 cm³/mol. The maximum Gasteiger partial charge on any atom is 0.408 e. The number of allylic oxidation sites excluding steroid dienone is 3. The number of hydrogen-bond acceptors (Lipinski definition) is 6. The maximum absolute atomic E-state index is 14.8. The maximum atomic E-state index is 14.8. The summed E-state index contributed by atoms with van der Waals surface area (Å²) in [7, 11) is 1.71. The molecule has 0 saturated carbocycles. The van der Waals surface area contributed by atoms with E-state index in [2.05, 4.69) is 5.32 Å². The molecule has 262 valence electrons. The molecular formula is C35H54F3NO6S. The number of thioether (sulfide) groups is 1. The Morgan fingerprint density at radius 3 is 2.15 bits per heavy atom. The Kier molecular flexibility index (Phi) is 14.1. The Morgan fingerprint density at radius 2 is 1.70 bits per heavy atom. The van der Waals surface area contributed by atoms with E-state index >= 15 is 0 Å². The molecule has 0 aromatic heterocycles. The monoisotopic (exact) mass is 673 g/mol. The number of ether oxygens (including phenoxy) is 3. The van der Waals surface area contributed by atoms with Crippen LogP contribution in [0.4, 0.5) is 18.0 Å². The summed E-state index contributed by atoms with van der Waals surface area (Å²) in [6.45, 7) is 20.8. The molecule has 2 heterocycles. The van der Waals surface area contributed by atoms with Crippen LogP contribution in [0, 0.1) is 0 Å². The number of aryl methyl sites for hydroxylation is 1. The van der Waals surface area contributed by atoms with E-state index in [-0.39, 0.29) is 29.1 Å². The van der Waals surface area contributed by atoms with Crippen LogP contribution in [0.5, 0.6) is 0 Å². The highest BCUT2D eigenvalue weighted by Gasteiger charge is 2.75. The van der Waals surface area contributed by atoms with E-state index in [9.17, 15) is 22.8 Å². The molecule has 0 bridgehead atoms. The van der Waals surface area contributed by atoms with Gasteiger partial charge in [0, 0.05) is 13.5 Å². The minimum Gasteiger partial charge on any atom is -0.451 e. The van der Waals surface area contributed by atoms with E-state index in [4.69, 9.17) is 14.2 Å². The molecule has 3 N–H and O–H groups in total. The second-order valence-corrected chi connectivity index (χ2v) is 15.0. The molecule has 1 aliphatic carbocycles. The van der Waals surface area contributed by atoms with Crippen LogP contribution in [0.15, 0.2) is 41.5 Å². The lowest BCUT2D eigenvalue weighted by Crippen LogP contribution is -2.55. The smallest absolute Gasteiger partial charge is 0.408 e. The fourth-order valence-corrected chi connectivity index (χ4v) is 7.18. The second-order valence-electron chi connectivity index (χ2n) is 13.6. The Bertz CT molecular complexity index is 1280. The number of benzene rings is 1. The number of carbonyl (C=O) groups is 2. The van der Waals surface area contributed by atoms with E-state index in [0.717, 1.165) is 16.7 Å². The van der Waals surface area contributed by atoms with Gasteiger partial charge in [-0.15, -0.1) is 11.8 Å². The van der Waals surface area contributed by atoms with Crippen LogP contribution < -0.4 is 5.32 Å². The summed E-state index contributed by atoms with van der Waals surface area (Å²) >= 11 is 0.668. The number of halogens is 3. The lowest BCUT2D eigenvalue weighted by molar-refractivity contribution is -0.200. The topological polar surface area (TPSA) is 105 Å². The van der Waals surface area contributed by atoms with Crippen molar-refractivity contribution < 1.29 is 42.4 Å². The highest BCUT2D eigenvalue weighted by atomic mass is 32.2. The second kappa shape index (κ2) is 15.6. The molecule has 3 aliphatic rings. The largest absolute Gasteiger partial charge is 0.451 e. The number of hydrogen-bond donors (Lipinski definition) is 1. The number of alkyl halides is 3. The highest BCUT2D eigenvalue weighted by Crippen LogP contribution is 2.68. The molecular weight excluding hydrogens is 619 g/mol. The first-order valence-electron chi connectivity index (χ1n) is 15.7. The van der Waals surface area contributed by atoms with E-state index in [1.165, 1.54) is 0 Å². The van der Waals surface area contributed by atoms with Gasteiger partial charge in [-0.2, -0.15) is 13.2 Å². The minimum atomic E-state index is -4.59. The molecule has 4 atom stereocenters. The Morgan fingerprint density at radius 1 is 1.11 bits per heavy atom. The van der Waals surface area contributed by atoms with Crippen LogP contribution in [0.2, 0.25) is 0 Å². The van der Waals surface area contributed by atoms with Crippen molar-refractivity contribution in [3.05, 3.63) is 58.2 Å². The summed E-state index contributed by atoms with van der Waals surface area (Å²) in [6, 6.07) is 5.17. The van der Waals surface area contributed by atoms with Gasteiger partial charge in [0.1, 0.15) is 15.6 Å². The Labute approximate surface area is 277 Å². The van der Waals surface area contributed by atoms with Gasteiger partial charge in [0.2, 0.25) is 0 Å². The highest BCUT2D eigenvalue weighted by molar-refractivity contribution is 8.02. The summed E-state index contributed by atoms with van der Waals surface area (Å²) in [4.78, 5) is 24.8. The number of carbonyl (C=O) groups excluding carboxylic acids is 2. The standard InChI is InChI=1S/C28H34F3NO4S.C5H12O.C2H6.H2O/c1-7-8-19(13-16(2)3)27(28(29,30)31)15-26(22(37-27)23(33)35-26)18-10-11-20-17(14-18)9-12-21(20)32-24(34)36-25(4,5)6;1-5(2,3)6-4;1-2;/h8,10-11,13-14,21-22H,7,9,12,15H2,1-6H3,(H,32,34);1-4H3;1-2H3;1H2/b19-8+;;;. The molecule has 2 fully saturated rings. The zero-order chi connectivity index (χ0) is 34.6. The molecule has 1 aromatic rings. The fraction of sp³-hybridized carbons (Fsp3) is 0.657. The normalized spacial score (nSPS) is 25.1. The minimum absolute atomic E-state index is 0. The van der Waals surface area contributed by atoms with Crippen molar-refractivity contribution in [3.63, 3.8) is 0 Å². The van der Waals surface area contributed by atoms with Crippen molar-refractivity contribution in [1.29, 1.82) is 0 Å². The number of esters is 1. The molecule has 0 spiro atoms. The third-order valence-electron chi connectivity index (χ3n) is 7.56. The molecule has 4 rings (SSSR count). The van der Waals surface area contributed by atoms with Crippen LogP contribution >= 0.6 is 11.8 Å². The van der Waals surface area contributed by atoms with E-state index in [1.54, 1.807) is 66.9 Å². The summed E-state index contributed by atoms with van der Waals surface area (Å²) in [5, 5.41) is 1.94. The molecule has 11 heteroatoms. The van der Waals surface area contributed by atoms with Crippen molar-refractivity contribution in [2.75, 3.05) is 7.11 Å². The average Bonchev–Trinajstić information content (AvgIpc) is 3.44. The molecule has 2 aliphatic heterocycles. The van der Waals surface area contributed by atoms with Crippen LogP contribution in [0.25, 0.3) is 0 Å². The quantitative estimate of drug-likeness (QED) is 0.248. The first kappa shape index (κ1) is 41.5. The summed E-state index contributed by atoms with van der Waals surface area (Å²) in [6.07, 6.45) is -0.564. The average molecular weight is 674 g/mol. The summed E-state index contributed by atoms with van der Waals surface area (Å²) < 4.78 is 58.2. The van der Waals surface area contributed by atoms with Crippen molar-refractivity contribution in [1.82, 2.24) is 5.32 Å². The summed E-state index contributed by atoms with van der Waals surface area (Å²) in [5.74, 6) is -0.617. The lowest BCUT2D eigenvalue weighted by atomic mass is 9.75. The molecule has 1 amide bonds.